The highest BCUT2D eigenvalue weighted by Crippen LogP contribution is 2.41. The Labute approximate surface area is 121 Å². The molecule has 1 heterocycles. The van der Waals surface area contributed by atoms with Gasteiger partial charge in [0, 0.05) is 17.9 Å². The molecule has 1 aromatic heterocycles. The predicted octanol–water partition coefficient (Wildman–Crippen LogP) is 3.12. The van der Waals surface area contributed by atoms with Gasteiger partial charge >= 0.3 is 7.60 Å². The van der Waals surface area contributed by atoms with Crippen molar-refractivity contribution in [2.24, 2.45) is 0 Å². The molecule has 1 atom stereocenters. The lowest BCUT2D eigenvalue weighted by atomic mass is 10.2. The largest absolute Gasteiger partial charge is 0.361 e. The molecule has 0 amide bonds. The number of methoxy groups -OCH3 is 1. The van der Waals surface area contributed by atoms with Crippen molar-refractivity contribution < 1.29 is 19.1 Å². The SMILES string of the molecule is COC(CP(=O)(O)O)n1c2ccccc2c2ccccc21. The summed E-state index contributed by atoms with van der Waals surface area (Å²) in [6.07, 6.45) is -1.07. The Morgan fingerprint density at radius 3 is 1.95 bits per heavy atom. The second-order valence-electron chi connectivity index (χ2n) is 4.94. The number of aromatic nitrogens is 1. The minimum Gasteiger partial charge on any atom is -0.361 e. The number of rotatable bonds is 4. The highest BCUT2D eigenvalue weighted by Gasteiger charge is 2.25. The van der Waals surface area contributed by atoms with Crippen molar-refractivity contribution >= 4 is 29.4 Å². The molecule has 1 unspecified atom stereocenters. The van der Waals surface area contributed by atoms with Gasteiger partial charge in [0.15, 0.2) is 0 Å². The summed E-state index contributed by atoms with van der Waals surface area (Å²) in [7, 11) is -2.72. The van der Waals surface area contributed by atoms with E-state index < -0.39 is 13.8 Å². The van der Waals surface area contributed by atoms with Crippen LogP contribution in [-0.2, 0) is 9.30 Å². The van der Waals surface area contributed by atoms with Crippen LogP contribution in [0, 0.1) is 0 Å². The van der Waals surface area contributed by atoms with Crippen LogP contribution in [0.1, 0.15) is 6.23 Å². The topological polar surface area (TPSA) is 71.7 Å². The second kappa shape index (κ2) is 5.28. The fourth-order valence-electron chi connectivity index (χ4n) is 2.73. The molecule has 2 N–H and O–H groups in total. The van der Waals surface area contributed by atoms with Crippen LogP contribution in [0.25, 0.3) is 21.8 Å². The number of benzene rings is 2. The normalized spacial score (nSPS) is 13.9. The molecule has 3 aromatic rings. The molecule has 0 aliphatic heterocycles. The van der Waals surface area contributed by atoms with Crippen LogP contribution in [0.3, 0.4) is 0 Å². The summed E-state index contributed by atoms with van der Waals surface area (Å²) in [6.45, 7) is 0. The third-order valence-electron chi connectivity index (χ3n) is 3.57. The Hall–Kier alpha value is -1.65. The van der Waals surface area contributed by atoms with E-state index in [9.17, 15) is 14.4 Å². The number of para-hydroxylation sites is 2. The van der Waals surface area contributed by atoms with Gasteiger partial charge in [-0.05, 0) is 12.1 Å². The smallest absolute Gasteiger partial charge is 0.330 e. The molecular weight excluding hydrogens is 289 g/mol. The number of fused-ring (bicyclic) bond motifs is 3. The summed E-state index contributed by atoms with van der Waals surface area (Å²) < 4.78 is 18.6. The van der Waals surface area contributed by atoms with Crippen molar-refractivity contribution in [3.8, 4) is 0 Å². The number of hydrogen-bond acceptors (Lipinski definition) is 2. The maximum atomic E-state index is 11.4. The lowest BCUT2D eigenvalue weighted by molar-refractivity contribution is 0.0660. The summed E-state index contributed by atoms with van der Waals surface area (Å²) in [6, 6.07) is 15.6. The molecule has 0 bridgehead atoms. The second-order valence-corrected chi connectivity index (χ2v) is 6.64. The van der Waals surface area contributed by atoms with E-state index in [0.717, 1.165) is 21.8 Å². The van der Waals surface area contributed by atoms with E-state index >= 15 is 0 Å². The Balaban J connectivity index is 2.30. The van der Waals surface area contributed by atoms with Gasteiger partial charge in [0.05, 0.1) is 17.2 Å². The molecule has 0 aliphatic carbocycles. The summed E-state index contributed by atoms with van der Waals surface area (Å²) in [5.74, 6) is 0. The fraction of sp³-hybridized carbons (Fsp3) is 0.200. The maximum Gasteiger partial charge on any atom is 0.330 e. The molecule has 110 valence electrons. The third-order valence-corrected chi connectivity index (χ3v) is 4.36. The van der Waals surface area contributed by atoms with Gasteiger partial charge in [-0.25, -0.2) is 0 Å². The van der Waals surface area contributed by atoms with Crippen LogP contribution in [0.5, 0.6) is 0 Å². The van der Waals surface area contributed by atoms with E-state index in [1.165, 1.54) is 7.11 Å². The molecule has 3 rings (SSSR count). The van der Waals surface area contributed by atoms with Gasteiger partial charge in [-0.15, -0.1) is 0 Å². The van der Waals surface area contributed by atoms with Crippen LogP contribution >= 0.6 is 7.60 Å². The van der Waals surface area contributed by atoms with Gasteiger partial charge in [-0.2, -0.15) is 0 Å². The molecule has 6 heteroatoms. The zero-order valence-corrected chi connectivity index (χ0v) is 12.4. The zero-order valence-electron chi connectivity index (χ0n) is 11.5. The molecule has 0 spiro atoms. The van der Waals surface area contributed by atoms with Crippen LogP contribution in [0.4, 0.5) is 0 Å². The molecule has 0 saturated heterocycles. The Bertz CT molecular complexity index is 783. The Kier molecular flexibility index (Phi) is 3.59. The molecular formula is C15H16NO4P. The van der Waals surface area contributed by atoms with Crippen molar-refractivity contribution in [3.63, 3.8) is 0 Å². The average Bonchev–Trinajstić information content (AvgIpc) is 2.79. The van der Waals surface area contributed by atoms with Crippen LogP contribution in [0.2, 0.25) is 0 Å². The first-order valence-corrected chi connectivity index (χ1v) is 8.36. The van der Waals surface area contributed by atoms with E-state index in [0.29, 0.717) is 0 Å². The zero-order chi connectivity index (χ0) is 15.0. The van der Waals surface area contributed by atoms with Gasteiger partial charge < -0.3 is 19.1 Å². The Morgan fingerprint density at radius 2 is 1.52 bits per heavy atom. The quantitative estimate of drug-likeness (QED) is 0.726. The van der Waals surface area contributed by atoms with Gasteiger partial charge in [-0.1, -0.05) is 36.4 Å². The van der Waals surface area contributed by atoms with Crippen molar-refractivity contribution in [1.82, 2.24) is 4.57 Å². The summed E-state index contributed by atoms with van der Waals surface area (Å²) in [5.41, 5.74) is 1.80. The van der Waals surface area contributed by atoms with E-state index in [1.807, 2.05) is 53.1 Å². The van der Waals surface area contributed by atoms with Crippen molar-refractivity contribution in [3.05, 3.63) is 48.5 Å². The molecule has 2 aromatic carbocycles. The van der Waals surface area contributed by atoms with E-state index in [2.05, 4.69) is 0 Å². The first kappa shape index (κ1) is 14.3. The average molecular weight is 305 g/mol. The van der Waals surface area contributed by atoms with Gasteiger partial charge in [0.25, 0.3) is 0 Å². The van der Waals surface area contributed by atoms with Crippen LogP contribution < -0.4 is 0 Å². The van der Waals surface area contributed by atoms with Crippen LogP contribution in [0.15, 0.2) is 48.5 Å². The first-order valence-electron chi connectivity index (χ1n) is 6.56. The van der Waals surface area contributed by atoms with Crippen LogP contribution in [-0.4, -0.2) is 27.6 Å². The monoisotopic (exact) mass is 305 g/mol. The number of ether oxygens (including phenoxy) is 1. The number of nitrogens with zero attached hydrogens (tertiary/aromatic N) is 1. The molecule has 0 saturated carbocycles. The molecule has 0 radical (unpaired) electrons. The maximum absolute atomic E-state index is 11.4. The highest BCUT2D eigenvalue weighted by atomic mass is 31.2. The van der Waals surface area contributed by atoms with E-state index in [-0.39, 0.29) is 6.16 Å². The number of hydrogen-bond donors (Lipinski definition) is 2. The minimum atomic E-state index is -4.18. The summed E-state index contributed by atoms with van der Waals surface area (Å²) in [5, 5.41) is 2.08. The minimum absolute atomic E-state index is 0.355. The molecule has 0 fully saturated rings. The summed E-state index contributed by atoms with van der Waals surface area (Å²) >= 11 is 0. The van der Waals surface area contributed by atoms with Crippen molar-refractivity contribution in [2.45, 2.75) is 6.23 Å². The van der Waals surface area contributed by atoms with Gasteiger partial charge in [0.2, 0.25) is 0 Å². The first-order chi connectivity index (χ1) is 10.0. The third kappa shape index (κ3) is 2.61. The molecule has 5 nitrogen and oxygen atoms in total. The lowest BCUT2D eigenvalue weighted by Crippen LogP contribution is -2.15. The van der Waals surface area contributed by atoms with E-state index in [1.54, 1.807) is 0 Å². The lowest BCUT2D eigenvalue weighted by Gasteiger charge is -2.20. The predicted molar refractivity (Wildman–Crippen MR) is 82.4 cm³/mol. The summed E-state index contributed by atoms with van der Waals surface area (Å²) in [4.78, 5) is 18.6. The molecule has 21 heavy (non-hydrogen) atoms. The fourth-order valence-corrected chi connectivity index (χ4v) is 3.45. The van der Waals surface area contributed by atoms with Gasteiger partial charge in [-0.3, -0.25) is 4.57 Å². The standard InChI is InChI=1S/C15H16NO4P/c1-20-15(10-21(17,18)19)16-13-8-4-2-6-11(13)12-7-3-5-9-14(12)16/h2-9,15H,10H2,1H3,(H2,17,18,19). The van der Waals surface area contributed by atoms with Crippen molar-refractivity contribution in [1.29, 1.82) is 0 Å². The highest BCUT2D eigenvalue weighted by molar-refractivity contribution is 7.51. The van der Waals surface area contributed by atoms with E-state index in [4.69, 9.17) is 4.74 Å². The Morgan fingerprint density at radius 1 is 1.05 bits per heavy atom. The van der Waals surface area contributed by atoms with Gasteiger partial charge in [0.1, 0.15) is 6.23 Å². The molecule has 0 aliphatic rings. The van der Waals surface area contributed by atoms with Crippen molar-refractivity contribution in [2.75, 3.05) is 13.3 Å².